The predicted octanol–water partition coefficient (Wildman–Crippen LogP) is 2.43. The highest BCUT2D eigenvalue weighted by Crippen LogP contribution is 2.22. The largest absolute Gasteiger partial charge is 0.338 e. The van der Waals surface area contributed by atoms with Gasteiger partial charge in [-0.05, 0) is 49.3 Å². The molecule has 1 saturated heterocycles. The number of nitrogens with two attached hydrogens (primary N) is 1. The van der Waals surface area contributed by atoms with E-state index in [1.165, 1.54) is 0 Å². The van der Waals surface area contributed by atoms with Crippen molar-refractivity contribution in [3.63, 3.8) is 0 Å². The Morgan fingerprint density at radius 1 is 1.38 bits per heavy atom. The number of carbonyl (C=O) groups excluding carboxylic acids is 1. The molecule has 2 heterocycles. The molecular formula is C17H21N3O. The highest BCUT2D eigenvalue weighted by Gasteiger charge is 2.26. The number of hydrogen-bond donors (Lipinski definition) is 1. The lowest BCUT2D eigenvalue weighted by atomic mass is 9.92. The molecule has 21 heavy (non-hydrogen) atoms. The summed E-state index contributed by atoms with van der Waals surface area (Å²) >= 11 is 0. The lowest BCUT2D eigenvalue weighted by Crippen LogP contribution is -2.45. The molecule has 110 valence electrons. The summed E-state index contributed by atoms with van der Waals surface area (Å²) in [5.74, 6) is 0.510. The second-order valence-electron chi connectivity index (χ2n) is 5.95. The monoisotopic (exact) mass is 283 g/mol. The van der Waals surface area contributed by atoms with Crippen molar-refractivity contribution in [1.82, 2.24) is 9.88 Å². The van der Waals surface area contributed by atoms with Crippen LogP contribution in [0.2, 0.25) is 0 Å². The zero-order valence-electron chi connectivity index (χ0n) is 12.3. The topological polar surface area (TPSA) is 59.2 Å². The summed E-state index contributed by atoms with van der Waals surface area (Å²) in [7, 11) is 0. The lowest BCUT2D eigenvalue weighted by Gasteiger charge is -2.34. The van der Waals surface area contributed by atoms with Crippen LogP contribution in [0.1, 0.15) is 30.1 Å². The first-order valence-electron chi connectivity index (χ1n) is 7.54. The van der Waals surface area contributed by atoms with Gasteiger partial charge in [-0.1, -0.05) is 6.07 Å². The molecule has 1 aromatic heterocycles. The molecule has 4 heteroatoms. The van der Waals surface area contributed by atoms with Gasteiger partial charge in [0, 0.05) is 42.5 Å². The van der Waals surface area contributed by atoms with Crippen LogP contribution in [-0.4, -0.2) is 34.9 Å². The minimum atomic E-state index is 0.103. The molecule has 0 aliphatic carbocycles. The van der Waals surface area contributed by atoms with Crippen molar-refractivity contribution < 1.29 is 4.79 Å². The fraction of sp³-hybridized carbons (Fsp3) is 0.412. The van der Waals surface area contributed by atoms with E-state index in [0.29, 0.717) is 5.92 Å². The first-order chi connectivity index (χ1) is 10.1. The molecule has 1 fully saturated rings. The Morgan fingerprint density at radius 3 is 3.05 bits per heavy atom. The number of aromatic nitrogens is 1. The number of amides is 1. The standard InChI is InChI=1S/C17H21N3O/c1-12(18)15-3-2-8-20(11-15)17(21)14-5-4-13-6-7-19-10-16(13)9-14/h4-7,9-10,12,15H,2-3,8,11,18H2,1H3. The second-order valence-corrected chi connectivity index (χ2v) is 5.95. The van der Waals surface area contributed by atoms with Crippen LogP contribution < -0.4 is 5.73 Å². The van der Waals surface area contributed by atoms with Crippen LogP contribution in [0.25, 0.3) is 10.8 Å². The molecule has 1 aliphatic rings. The Balaban J connectivity index is 1.82. The highest BCUT2D eigenvalue weighted by atomic mass is 16.2. The van der Waals surface area contributed by atoms with Gasteiger partial charge in [0.25, 0.3) is 5.91 Å². The fourth-order valence-corrected chi connectivity index (χ4v) is 3.02. The third kappa shape index (κ3) is 2.90. The fourth-order valence-electron chi connectivity index (χ4n) is 3.02. The van der Waals surface area contributed by atoms with Crippen LogP contribution in [0, 0.1) is 5.92 Å². The zero-order valence-corrected chi connectivity index (χ0v) is 12.3. The maximum absolute atomic E-state index is 12.7. The first kappa shape index (κ1) is 14.0. The highest BCUT2D eigenvalue weighted by molar-refractivity contribution is 5.98. The van der Waals surface area contributed by atoms with Crippen LogP contribution in [0.3, 0.4) is 0 Å². The average Bonchev–Trinajstić information content (AvgIpc) is 2.53. The van der Waals surface area contributed by atoms with E-state index >= 15 is 0 Å². The number of likely N-dealkylation sites (tertiary alicyclic amines) is 1. The summed E-state index contributed by atoms with van der Waals surface area (Å²) in [6.45, 7) is 3.62. The van der Waals surface area contributed by atoms with Crippen LogP contribution in [-0.2, 0) is 0 Å². The molecule has 2 atom stereocenters. The van der Waals surface area contributed by atoms with E-state index in [4.69, 9.17) is 5.73 Å². The smallest absolute Gasteiger partial charge is 0.253 e. The Labute approximate surface area is 125 Å². The van der Waals surface area contributed by atoms with E-state index in [2.05, 4.69) is 4.98 Å². The normalized spacial score (nSPS) is 20.5. The zero-order chi connectivity index (χ0) is 14.8. The van der Waals surface area contributed by atoms with Gasteiger partial charge >= 0.3 is 0 Å². The molecule has 2 N–H and O–H groups in total. The summed E-state index contributed by atoms with van der Waals surface area (Å²) in [5.41, 5.74) is 6.73. The number of piperidine rings is 1. The Morgan fingerprint density at radius 2 is 2.24 bits per heavy atom. The van der Waals surface area contributed by atoms with E-state index in [1.807, 2.05) is 36.1 Å². The van der Waals surface area contributed by atoms with Gasteiger partial charge in [0.15, 0.2) is 0 Å². The van der Waals surface area contributed by atoms with Gasteiger partial charge in [-0.15, -0.1) is 0 Å². The van der Waals surface area contributed by atoms with Gasteiger partial charge in [0.2, 0.25) is 0 Å². The number of pyridine rings is 1. The van der Waals surface area contributed by atoms with Crippen LogP contribution in [0.4, 0.5) is 0 Å². The van der Waals surface area contributed by atoms with Crippen molar-refractivity contribution in [3.8, 4) is 0 Å². The summed E-state index contributed by atoms with van der Waals surface area (Å²) in [5, 5.41) is 2.11. The van der Waals surface area contributed by atoms with Crippen molar-refractivity contribution in [2.45, 2.75) is 25.8 Å². The van der Waals surface area contributed by atoms with E-state index in [1.54, 1.807) is 12.4 Å². The van der Waals surface area contributed by atoms with Gasteiger partial charge in [0.05, 0.1) is 0 Å². The summed E-state index contributed by atoms with van der Waals surface area (Å²) in [6.07, 6.45) is 5.71. The molecule has 1 aromatic carbocycles. The van der Waals surface area contributed by atoms with Crippen LogP contribution in [0.15, 0.2) is 36.7 Å². The van der Waals surface area contributed by atoms with E-state index in [9.17, 15) is 4.79 Å². The number of benzene rings is 1. The Kier molecular flexibility index (Phi) is 3.88. The third-order valence-electron chi connectivity index (χ3n) is 4.38. The Bertz CT molecular complexity index is 653. The number of hydrogen-bond acceptors (Lipinski definition) is 3. The molecule has 0 spiro atoms. The molecule has 4 nitrogen and oxygen atoms in total. The summed E-state index contributed by atoms with van der Waals surface area (Å²) in [4.78, 5) is 18.7. The van der Waals surface area contributed by atoms with Gasteiger partial charge in [-0.2, -0.15) is 0 Å². The second kappa shape index (κ2) is 5.82. The number of fused-ring (bicyclic) bond motifs is 1. The molecule has 0 saturated carbocycles. The first-order valence-corrected chi connectivity index (χ1v) is 7.54. The summed E-state index contributed by atoms with van der Waals surface area (Å²) in [6, 6.07) is 7.91. The quantitative estimate of drug-likeness (QED) is 0.921. The number of nitrogens with zero attached hydrogens (tertiary/aromatic N) is 2. The SMILES string of the molecule is CC(N)C1CCCN(C(=O)c2ccc3ccncc3c2)C1. The molecule has 2 aromatic rings. The maximum Gasteiger partial charge on any atom is 0.253 e. The van der Waals surface area contributed by atoms with Crippen molar-refractivity contribution in [3.05, 3.63) is 42.2 Å². The molecule has 1 amide bonds. The minimum absolute atomic E-state index is 0.103. The third-order valence-corrected chi connectivity index (χ3v) is 4.38. The van der Waals surface area contributed by atoms with Crippen molar-refractivity contribution in [2.24, 2.45) is 11.7 Å². The average molecular weight is 283 g/mol. The van der Waals surface area contributed by atoms with Crippen molar-refractivity contribution in [2.75, 3.05) is 13.1 Å². The predicted molar refractivity (Wildman–Crippen MR) is 84.0 cm³/mol. The van der Waals surface area contributed by atoms with Crippen LogP contribution >= 0.6 is 0 Å². The van der Waals surface area contributed by atoms with Gasteiger partial charge < -0.3 is 10.6 Å². The Hall–Kier alpha value is -1.94. The van der Waals surface area contributed by atoms with Crippen molar-refractivity contribution in [1.29, 1.82) is 0 Å². The lowest BCUT2D eigenvalue weighted by molar-refractivity contribution is 0.0661. The van der Waals surface area contributed by atoms with E-state index in [0.717, 1.165) is 42.3 Å². The van der Waals surface area contributed by atoms with Gasteiger partial charge in [0.1, 0.15) is 0 Å². The van der Waals surface area contributed by atoms with E-state index in [-0.39, 0.29) is 11.9 Å². The molecule has 0 bridgehead atoms. The molecule has 3 rings (SSSR count). The van der Waals surface area contributed by atoms with Gasteiger partial charge in [-0.25, -0.2) is 0 Å². The minimum Gasteiger partial charge on any atom is -0.338 e. The van der Waals surface area contributed by atoms with E-state index < -0.39 is 0 Å². The maximum atomic E-state index is 12.7. The summed E-state index contributed by atoms with van der Waals surface area (Å²) < 4.78 is 0. The van der Waals surface area contributed by atoms with Crippen LogP contribution in [0.5, 0.6) is 0 Å². The molecule has 2 unspecified atom stereocenters. The van der Waals surface area contributed by atoms with Crippen molar-refractivity contribution >= 4 is 16.7 Å². The molecule has 1 aliphatic heterocycles. The molecular weight excluding hydrogens is 262 g/mol. The molecule has 0 radical (unpaired) electrons. The van der Waals surface area contributed by atoms with Gasteiger partial charge in [-0.3, -0.25) is 9.78 Å². The number of rotatable bonds is 2. The number of carbonyl (C=O) groups is 1.